The second-order valence-corrected chi connectivity index (χ2v) is 6.73. The fraction of sp³-hybridized carbons (Fsp3) is 0.150. The molecule has 27 heavy (non-hydrogen) atoms. The quantitative estimate of drug-likeness (QED) is 0.572. The minimum absolute atomic E-state index is 0.164. The Kier molecular flexibility index (Phi) is 4.64. The van der Waals surface area contributed by atoms with Crippen LogP contribution < -0.4 is 5.32 Å². The number of benzene rings is 2. The van der Waals surface area contributed by atoms with E-state index in [1.807, 2.05) is 37.5 Å². The molecule has 1 amide bonds. The molecule has 0 bridgehead atoms. The van der Waals surface area contributed by atoms with E-state index < -0.39 is 0 Å². The molecular formula is C20H17ClN4O2. The highest BCUT2D eigenvalue weighted by Gasteiger charge is 2.11. The first-order valence-electron chi connectivity index (χ1n) is 8.46. The van der Waals surface area contributed by atoms with Crippen molar-refractivity contribution in [2.45, 2.75) is 13.0 Å². The molecule has 0 spiro atoms. The van der Waals surface area contributed by atoms with Crippen molar-refractivity contribution in [3.05, 3.63) is 82.5 Å². The Hall–Kier alpha value is -3.12. The lowest BCUT2D eigenvalue weighted by Crippen LogP contribution is -2.22. The first-order valence-corrected chi connectivity index (χ1v) is 8.84. The molecule has 0 atom stereocenters. The number of carbonyl (C=O) groups excluding carboxylic acids is 1. The second-order valence-electron chi connectivity index (χ2n) is 6.30. The van der Waals surface area contributed by atoms with Gasteiger partial charge in [0.2, 0.25) is 0 Å². The molecule has 2 aromatic heterocycles. The molecule has 0 saturated carbocycles. The number of amides is 1. The number of hydrogen-bond donors (Lipinski definition) is 1. The molecule has 1 N–H and O–H groups in total. The van der Waals surface area contributed by atoms with Crippen molar-refractivity contribution in [3.63, 3.8) is 0 Å². The normalized spacial score (nSPS) is 11.0. The first kappa shape index (κ1) is 17.3. The zero-order valence-corrected chi connectivity index (χ0v) is 15.4. The third kappa shape index (κ3) is 4.01. The van der Waals surface area contributed by atoms with Crippen molar-refractivity contribution >= 4 is 28.6 Å². The fourth-order valence-electron chi connectivity index (χ4n) is 2.82. The molecule has 2 heterocycles. The zero-order valence-electron chi connectivity index (χ0n) is 14.6. The summed E-state index contributed by atoms with van der Waals surface area (Å²) in [5, 5.41) is 7.66. The topological polar surface area (TPSA) is 73.0 Å². The average Bonchev–Trinajstić information content (AvgIpc) is 3.26. The van der Waals surface area contributed by atoms with Gasteiger partial charge >= 0.3 is 0 Å². The summed E-state index contributed by atoms with van der Waals surface area (Å²) >= 11 is 5.91. The highest BCUT2D eigenvalue weighted by Crippen LogP contribution is 2.20. The van der Waals surface area contributed by atoms with Crippen LogP contribution in [0.1, 0.15) is 27.4 Å². The molecule has 0 aliphatic rings. The van der Waals surface area contributed by atoms with Crippen LogP contribution in [0.5, 0.6) is 0 Å². The van der Waals surface area contributed by atoms with Crippen molar-refractivity contribution in [1.82, 2.24) is 20.1 Å². The van der Waals surface area contributed by atoms with E-state index in [0.717, 1.165) is 11.1 Å². The maximum Gasteiger partial charge on any atom is 0.251 e. The number of nitrogens with zero attached hydrogens (tertiary/aromatic N) is 3. The van der Waals surface area contributed by atoms with Crippen LogP contribution in [0.25, 0.3) is 11.1 Å². The summed E-state index contributed by atoms with van der Waals surface area (Å²) in [6.07, 6.45) is 4.16. The van der Waals surface area contributed by atoms with Gasteiger partial charge in [0, 0.05) is 42.4 Å². The summed E-state index contributed by atoms with van der Waals surface area (Å²) in [6.45, 7) is 0.422. The minimum Gasteiger partial charge on any atom is -0.440 e. The number of oxazole rings is 1. The van der Waals surface area contributed by atoms with Gasteiger partial charge in [-0.2, -0.15) is 5.10 Å². The van der Waals surface area contributed by atoms with Crippen LogP contribution in [0, 0.1) is 0 Å². The van der Waals surface area contributed by atoms with Gasteiger partial charge < -0.3 is 9.73 Å². The summed E-state index contributed by atoms with van der Waals surface area (Å²) in [5.74, 6) is 0.434. The highest BCUT2D eigenvalue weighted by molar-refractivity contribution is 6.30. The molecule has 0 radical (unpaired) electrons. The monoisotopic (exact) mass is 380 g/mol. The molecule has 7 heteroatoms. The Balaban J connectivity index is 1.48. The number of nitrogens with one attached hydrogen (secondary N) is 1. The highest BCUT2D eigenvalue weighted by atomic mass is 35.5. The number of rotatable bonds is 5. The van der Waals surface area contributed by atoms with Crippen LogP contribution in [0.4, 0.5) is 0 Å². The molecule has 0 aliphatic heterocycles. The summed E-state index contributed by atoms with van der Waals surface area (Å²) in [5.41, 5.74) is 3.85. The molecular weight excluding hydrogens is 364 g/mol. The molecule has 0 saturated heterocycles. The fourth-order valence-corrected chi connectivity index (χ4v) is 2.94. The summed E-state index contributed by atoms with van der Waals surface area (Å²) in [7, 11) is 1.84. The van der Waals surface area contributed by atoms with Gasteiger partial charge in [-0.25, -0.2) is 4.98 Å². The van der Waals surface area contributed by atoms with E-state index >= 15 is 0 Å². The van der Waals surface area contributed by atoms with Crippen LogP contribution in [0.2, 0.25) is 5.02 Å². The van der Waals surface area contributed by atoms with Crippen LogP contribution >= 0.6 is 11.6 Å². The van der Waals surface area contributed by atoms with E-state index in [0.29, 0.717) is 40.5 Å². The van der Waals surface area contributed by atoms with E-state index in [1.54, 1.807) is 29.1 Å². The number of carbonyl (C=O) groups is 1. The Morgan fingerprint density at radius 1 is 1.19 bits per heavy atom. The molecule has 4 rings (SSSR count). The minimum atomic E-state index is -0.164. The summed E-state index contributed by atoms with van der Waals surface area (Å²) in [4.78, 5) is 16.9. The standard InChI is InChI=1S/C20H17ClN4O2/c1-25-12-14(11-23-25)10-22-20(26)15-4-7-18-17(9-15)24-19(27-18)8-13-2-5-16(21)6-3-13/h2-7,9,11-12H,8,10H2,1H3,(H,22,26). The zero-order chi connectivity index (χ0) is 18.8. The van der Waals surface area contributed by atoms with Crippen LogP contribution in [-0.4, -0.2) is 20.7 Å². The maximum absolute atomic E-state index is 12.4. The first-order chi connectivity index (χ1) is 13.1. The Bertz CT molecular complexity index is 1100. The lowest BCUT2D eigenvalue weighted by molar-refractivity contribution is 0.0951. The van der Waals surface area contributed by atoms with Gasteiger partial charge in [0.15, 0.2) is 11.5 Å². The van der Waals surface area contributed by atoms with E-state index in [9.17, 15) is 4.79 Å². The van der Waals surface area contributed by atoms with Gasteiger partial charge in [-0.15, -0.1) is 0 Å². The molecule has 6 nitrogen and oxygen atoms in total. The van der Waals surface area contributed by atoms with Crippen LogP contribution in [0.3, 0.4) is 0 Å². The molecule has 136 valence electrons. The predicted molar refractivity (Wildman–Crippen MR) is 103 cm³/mol. The Morgan fingerprint density at radius 2 is 2.00 bits per heavy atom. The maximum atomic E-state index is 12.4. The number of halogens is 1. The van der Waals surface area contributed by atoms with Crippen LogP contribution in [-0.2, 0) is 20.0 Å². The van der Waals surface area contributed by atoms with Crippen molar-refractivity contribution in [2.24, 2.45) is 7.05 Å². The van der Waals surface area contributed by atoms with Gasteiger partial charge in [0.25, 0.3) is 5.91 Å². The van der Waals surface area contributed by atoms with Gasteiger partial charge in [-0.3, -0.25) is 9.48 Å². The van der Waals surface area contributed by atoms with E-state index in [4.69, 9.17) is 16.0 Å². The van der Waals surface area contributed by atoms with E-state index in [-0.39, 0.29) is 5.91 Å². The molecule has 4 aromatic rings. The van der Waals surface area contributed by atoms with Crippen molar-refractivity contribution in [3.8, 4) is 0 Å². The smallest absolute Gasteiger partial charge is 0.251 e. The number of aryl methyl sites for hydroxylation is 1. The molecule has 0 unspecified atom stereocenters. The van der Waals surface area contributed by atoms with Crippen molar-refractivity contribution in [1.29, 1.82) is 0 Å². The Labute approximate surface area is 160 Å². The van der Waals surface area contributed by atoms with Crippen molar-refractivity contribution < 1.29 is 9.21 Å². The lowest BCUT2D eigenvalue weighted by Gasteiger charge is -2.03. The number of aromatic nitrogens is 3. The summed E-state index contributed by atoms with van der Waals surface area (Å²) < 4.78 is 7.48. The molecule has 0 fully saturated rings. The van der Waals surface area contributed by atoms with Gasteiger partial charge in [-0.05, 0) is 35.9 Å². The van der Waals surface area contributed by atoms with Gasteiger partial charge in [0.05, 0.1) is 6.20 Å². The van der Waals surface area contributed by atoms with Crippen LogP contribution in [0.15, 0.2) is 59.3 Å². The lowest BCUT2D eigenvalue weighted by atomic mass is 10.1. The van der Waals surface area contributed by atoms with Gasteiger partial charge in [0.1, 0.15) is 5.52 Å². The second kappa shape index (κ2) is 7.25. The number of hydrogen-bond acceptors (Lipinski definition) is 4. The molecule has 0 aliphatic carbocycles. The molecule has 2 aromatic carbocycles. The summed E-state index contributed by atoms with van der Waals surface area (Å²) in [6, 6.07) is 12.8. The Morgan fingerprint density at radius 3 is 2.74 bits per heavy atom. The largest absolute Gasteiger partial charge is 0.440 e. The predicted octanol–water partition coefficient (Wildman–Crippen LogP) is 3.74. The third-order valence-electron chi connectivity index (χ3n) is 4.17. The van der Waals surface area contributed by atoms with Gasteiger partial charge in [-0.1, -0.05) is 23.7 Å². The third-order valence-corrected chi connectivity index (χ3v) is 4.43. The SMILES string of the molecule is Cn1cc(CNC(=O)c2ccc3oc(Cc4ccc(Cl)cc4)nc3c2)cn1. The number of fused-ring (bicyclic) bond motifs is 1. The van der Waals surface area contributed by atoms with E-state index in [2.05, 4.69) is 15.4 Å². The average molecular weight is 381 g/mol. The van der Waals surface area contributed by atoms with E-state index in [1.165, 1.54) is 0 Å². The van der Waals surface area contributed by atoms with Crippen molar-refractivity contribution in [2.75, 3.05) is 0 Å².